The first-order valence-corrected chi connectivity index (χ1v) is 7.89. The highest BCUT2D eigenvalue weighted by Gasteiger charge is 2.12. The minimum absolute atomic E-state index is 1.02. The number of hydrogen-bond donors (Lipinski definition) is 0. The van der Waals surface area contributed by atoms with Gasteiger partial charge in [-0.3, -0.25) is 0 Å². The van der Waals surface area contributed by atoms with Crippen LogP contribution in [-0.4, -0.2) is 0 Å². The third-order valence-electron chi connectivity index (χ3n) is 4.62. The molecular formula is C19H24. The van der Waals surface area contributed by atoms with Gasteiger partial charge in [-0.2, -0.15) is 0 Å². The molecule has 0 amide bonds. The van der Waals surface area contributed by atoms with Crippen LogP contribution in [0.5, 0.6) is 0 Å². The molecule has 0 N–H and O–H groups in total. The Hall–Kier alpha value is -1.30. The van der Waals surface area contributed by atoms with Crippen LogP contribution in [0.4, 0.5) is 0 Å². The first-order chi connectivity index (χ1) is 9.42. The Morgan fingerprint density at radius 1 is 0.842 bits per heavy atom. The smallest absolute Gasteiger partial charge is 0.0181 e. The molecule has 0 aliphatic heterocycles. The molecule has 1 saturated carbocycles. The van der Waals surface area contributed by atoms with E-state index >= 15 is 0 Å². The van der Waals surface area contributed by atoms with E-state index in [0.717, 1.165) is 5.92 Å². The van der Waals surface area contributed by atoms with Gasteiger partial charge in [0.1, 0.15) is 0 Å². The van der Waals surface area contributed by atoms with Crippen molar-refractivity contribution in [3.8, 4) is 0 Å². The lowest BCUT2D eigenvalue weighted by Gasteiger charge is -2.21. The molecule has 0 atom stereocenters. The molecule has 1 fully saturated rings. The van der Waals surface area contributed by atoms with Crippen molar-refractivity contribution in [1.29, 1.82) is 0 Å². The van der Waals surface area contributed by atoms with E-state index in [1.807, 2.05) is 0 Å². The van der Waals surface area contributed by atoms with Crippen molar-refractivity contribution >= 4 is 10.8 Å². The molecule has 2 aromatic carbocycles. The average Bonchev–Trinajstić information content (AvgIpc) is 2.48. The standard InChI is InChI=1S/C19H24/c1-2-7-16(8-3-1)9-6-10-17-13-14-18-11-4-5-12-19(18)15-17/h4-5,11-16H,1-3,6-10H2. The molecule has 2 aromatic rings. The molecule has 0 nitrogen and oxygen atoms in total. The molecule has 0 radical (unpaired) electrons. The fourth-order valence-electron chi connectivity index (χ4n) is 3.46. The molecule has 0 heteroatoms. The molecule has 100 valence electrons. The summed E-state index contributed by atoms with van der Waals surface area (Å²) in [4.78, 5) is 0. The number of fused-ring (bicyclic) bond motifs is 1. The van der Waals surface area contributed by atoms with Crippen molar-refractivity contribution in [1.82, 2.24) is 0 Å². The summed E-state index contributed by atoms with van der Waals surface area (Å²) in [7, 11) is 0. The molecule has 19 heavy (non-hydrogen) atoms. The molecule has 0 bridgehead atoms. The van der Waals surface area contributed by atoms with Crippen LogP contribution in [0.2, 0.25) is 0 Å². The fraction of sp³-hybridized carbons (Fsp3) is 0.474. The lowest BCUT2D eigenvalue weighted by molar-refractivity contribution is 0.332. The average molecular weight is 252 g/mol. The summed E-state index contributed by atoms with van der Waals surface area (Å²) in [5.41, 5.74) is 1.51. The van der Waals surface area contributed by atoms with Crippen molar-refractivity contribution < 1.29 is 0 Å². The van der Waals surface area contributed by atoms with Gasteiger partial charge in [0, 0.05) is 0 Å². The lowest BCUT2D eigenvalue weighted by atomic mass is 9.85. The second kappa shape index (κ2) is 6.23. The number of benzene rings is 2. The van der Waals surface area contributed by atoms with E-state index in [-0.39, 0.29) is 0 Å². The predicted octanol–water partition coefficient (Wildman–Crippen LogP) is 5.74. The maximum Gasteiger partial charge on any atom is -0.0181 e. The van der Waals surface area contributed by atoms with E-state index in [9.17, 15) is 0 Å². The molecule has 0 unspecified atom stereocenters. The Balaban J connectivity index is 1.56. The molecule has 0 spiro atoms. The quantitative estimate of drug-likeness (QED) is 0.650. The minimum Gasteiger partial charge on any atom is -0.0616 e. The van der Waals surface area contributed by atoms with E-state index in [4.69, 9.17) is 0 Å². The zero-order chi connectivity index (χ0) is 12.9. The first kappa shape index (κ1) is 12.7. The van der Waals surface area contributed by atoms with Gasteiger partial charge >= 0.3 is 0 Å². The van der Waals surface area contributed by atoms with Gasteiger partial charge in [-0.1, -0.05) is 81.0 Å². The van der Waals surface area contributed by atoms with Gasteiger partial charge in [0.15, 0.2) is 0 Å². The molecule has 0 aromatic heterocycles. The Morgan fingerprint density at radius 2 is 1.63 bits per heavy atom. The molecule has 0 heterocycles. The van der Waals surface area contributed by atoms with Crippen molar-refractivity contribution in [2.75, 3.05) is 0 Å². The SMILES string of the molecule is c1ccc2cc(CCCC3CCCCC3)ccc2c1. The van der Waals surface area contributed by atoms with Crippen molar-refractivity contribution in [3.05, 3.63) is 48.0 Å². The van der Waals surface area contributed by atoms with E-state index in [2.05, 4.69) is 42.5 Å². The summed E-state index contributed by atoms with van der Waals surface area (Å²) < 4.78 is 0. The Labute approximate surface area is 116 Å². The summed E-state index contributed by atoms with van der Waals surface area (Å²) in [5.74, 6) is 1.02. The van der Waals surface area contributed by atoms with Crippen molar-refractivity contribution in [2.24, 2.45) is 5.92 Å². The maximum atomic E-state index is 2.37. The summed E-state index contributed by atoms with van der Waals surface area (Å²) in [6.45, 7) is 0. The van der Waals surface area contributed by atoms with E-state index in [1.54, 1.807) is 0 Å². The van der Waals surface area contributed by atoms with Gasteiger partial charge in [0.25, 0.3) is 0 Å². The summed E-state index contributed by atoms with van der Waals surface area (Å²) in [5, 5.41) is 2.75. The molecular weight excluding hydrogens is 228 g/mol. The molecule has 1 aliphatic carbocycles. The highest BCUT2D eigenvalue weighted by Crippen LogP contribution is 2.28. The highest BCUT2D eigenvalue weighted by atomic mass is 14.2. The van der Waals surface area contributed by atoms with E-state index in [0.29, 0.717) is 0 Å². The van der Waals surface area contributed by atoms with Crippen LogP contribution in [0.3, 0.4) is 0 Å². The van der Waals surface area contributed by atoms with Crippen molar-refractivity contribution in [3.63, 3.8) is 0 Å². The van der Waals surface area contributed by atoms with Gasteiger partial charge < -0.3 is 0 Å². The number of hydrogen-bond acceptors (Lipinski definition) is 0. The topological polar surface area (TPSA) is 0 Å². The number of rotatable bonds is 4. The third kappa shape index (κ3) is 3.37. The molecule has 1 aliphatic rings. The van der Waals surface area contributed by atoms with Crippen LogP contribution in [0.25, 0.3) is 10.8 Å². The van der Waals surface area contributed by atoms with Crippen LogP contribution < -0.4 is 0 Å². The van der Waals surface area contributed by atoms with Crippen molar-refractivity contribution in [2.45, 2.75) is 51.4 Å². The number of aryl methyl sites for hydroxylation is 1. The lowest BCUT2D eigenvalue weighted by Crippen LogP contribution is -2.06. The monoisotopic (exact) mass is 252 g/mol. The Kier molecular flexibility index (Phi) is 4.17. The van der Waals surface area contributed by atoms with Crippen LogP contribution >= 0.6 is 0 Å². The van der Waals surface area contributed by atoms with Gasteiger partial charge in [-0.05, 0) is 35.1 Å². The second-order valence-electron chi connectivity index (χ2n) is 6.08. The zero-order valence-corrected chi connectivity index (χ0v) is 11.8. The van der Waals surface area contributed by atoms with E-state index in [1.165, 1.54) is 67.7 Å². The second-order valence-corrected chi connectivity index (χ2v) is 6.08. The summed E-state index contributed by atoms with van der Waals surface area (Å²) >= 11 is 0. The molecule has 0 saturated heterocycles. The summed E-state index contributed by atoms with van der Waals surface area (Å²) in [6.07, 6.45) is 11.4. The minimum atomic E-state index is 1.02. The molecule has 3 rings (SSSR count). The first-order valence-electron chi connectivity index (χ1n) is 7.89. The zero-order valence-electron chi connectivity index (χ0n) is 11.8. The largest absolute Gasteiger partial charge is 0.0616 e. The highest BCUT2D eigenvalue weighted by molar-refractivity contribution is 5.82. The Bertz CT molecular complexity index is 520. The van der Waals surface area contributed by atoms with Crippen LogP contribution in [0.15, 0.2) is 42.5 Å². The Morgan fingerprint density at radius 3 is 2.47 bits per heavy atom. The van der Waals surface area contributed by atoms with E-state index < -0.39 is 0 Å². The fourth-order valence-corrected chi connectivity index (χ4v) is 3.46. The van der Waals surface area contributed by atoms with Gasteiger partial charge in [-0.15, -0.1) is 0 Å². The van der Waals surface area contributed by atoms with Crippen LogP contribution in [-0.2, 0) is 6.42 Å². The van der Waals surface area contributed by atoms with Gasteiger partial charge in [0.2, 0.25) is 0 Å². The third-order valence-corrected chi connectivity index (χ3v) is 4.62. The predicted molar refractivity (Wildman–Crippen MR) is 83.5 cm³/mol. The maximum absolute atomic E-state index is 2.37. The van der Waals surface area contributed by atoms with Gasteiger partial charge in [-0.25, -0.2) is 0 Å². The van der Waals surface area contributed by atoms with Crippen LogP contribution in [0, 0.1) is 5.92 Å². The normalized spacial score (nSPS) is 16.8. The summed E-state index contributed by atoms with van der Waals surface area (Å²) in [6, 6.07) is 15.6. The van der Waals surface area contributed by atoms with Crippen LogP contribution in [0.1, 0.15) is 50.5 Å². The van der Waals surface area contributed by atoms with Gasteiger partial charge in [0.05, 0.1) is 0 Å².